The molecule has 0 fully saturated rings. The quantitative estimate of drug-likeness (QED) is 0.444. The van der Waals surface area contributed by atoms with E-state index in [0.717, 1.165) is 29.8 Å². The molecule has 0 atom stereocenters. The Morgan fingerprint density at radius 1 is 1.21 bits per heavy atom. The Morgan fingerprint density at radius 3 is 2.79 bits per heavy atom. The number of hydrogen-bond donors (Lipinski definition) is 1. The number of aromatic nitrogens is 3. The van der Waals surface area contributed by atoms with Crippen LogP contribution in [0.25, 0.3) is 0 Å². The number of hydrogen-bond acceptors (Lipinski definition) is 5. The van der Waals surface area contributed by atoms with Crippen LogP contribution in [0.2, 0.25) is 0 Å². The van der Waals surface area contributed by atoms with Crippen molar-refractivity contribution in [1.29, 1.82) is 0 Å². The van der Waals surface area contributed by atoms with Crippen LogP contribution < -0.4 is 9.47 Å². The third-order valence-corrected chi connectivity index (χ3v) is 4.61. The molecule has 1 heterocycles. The van der Waals surface area contributed by atoms with E-state index < -0.39 is 0 Å². The maximum atomic E-state index is 5.96. The van der Waals surface area contributed by atoms with E-state index in [9.17, 15) is 0 Å². The SMILES string of the molecule is CCCc1n[nH]c(=S)n1/N=C\c1ccc(OCc2ccccc2C)c(OC)c1. The number of ether oxygens (including phenoxy) is 2. The first kappa shape index (κ1) is 19.8. The molecule has 28 heavy (non-hydrogen) atoms. The van der Waals surface area contributed by atoms with E-state index >= 15 is 0 Å². The number of nitrogens with one attached hydrogen (secondary N) is 1. The molecule has 3 aromatic rings. The molecule has 0 saturated carbocycles. The number of aromatic amines is 1. The highest BCUT2D eigenvalue weighted by Gasteiger charge is 2.07. The zero-order chi connectivity index (χ0) is 19.9. The molecule has 146 valence electrons. The molecule has 0 radical (unpaired) electrons. The van der Waals surface area contributed by atoms with Gasteiger partial charge in [-0.2, -0.15) is 14.9 Å². The van der Waals surface area contributed by atoms with Crippen molar-refractivity contribution >= 4 is 18.4 Å². The topological polar surface area (TPSA) is 64.4 Å². The van der Waals surface area contributed by atoms with Crippen LogP contribution in [0, 0.1) is 11.7 Å². The predicted octanol–water partition coefficient (Wildman–Crippen LogP) is 4.67. The van der Waals surface area contributed by atoms with Gasteiger partial charge in [-0.3, -0.25) is 5.10 Å². The second-order valence-electron chi connectivity index (χ2n) is 6.38. The van der Waals surface area contributed by atoms with Crippen LogP contribution in [0.5, 0.6) is 11.5 Å². The molecule has 0 unspecified atom stereocenters. The summed E-state index contributed by atoms with van der Waals surface area (Å²) in [6, 6.07) is 13.9. The van der Waals surface area contributed by atoms with E-state index in [1.807, 2.05) is 30.3 Å². The summed E-state index contributed by atoms with van der Waals surface area (Å²) < 4.78 is 13.6. The largest absolute Gasteiger partial charge is 0.493 e. The monoisotopic (exact) mass is 396 g/mol. The summed E-state index contributed by atoms with van der Waals surface area (Å²) in [5.41, 5.74) is 3.23. The molecular weight excluding hydrogens is 372 g/mol. The Hall–Kier alpha value is -2.93. The number of H-pyrrole nitrogens is 1. The van der Waals surface area contributed by atoms with E-state index in [1.165, 1.54) is 5.56 Å². The lowest BCUT2D eigenvalue weighted by Gasteiger charge is -2.12. The lowest BCUT2D eigenvalue weighted by atomic mass is 10.1. The summed E-state index contributed by atoms with van der Waals surface area (Å²) >= 11 is 5.25. The lowest BCUT2D eigenvalue weighted by Crippen LogP contribution is -2.01. The van der Waals surface area contributed by atoms with Gasteiger partial charge in [0, 0.05) is 6.42 Å². The van der Waals surface area contributed by atoms with Crippen LogP contribution in [0.3, 0.4) is 0 Å². The van der Waals surface area contributed by atoms with Gasteiger partial charge in [0.05, 0.1) is 13.3 Å². The first-order valence-electron chi connectivity index (χ1n) is 9.18. The van der Waals surface area contributed by atoms with Crippen LogP contribution >= 0.6 is 12.2 Å². The van der Waals surface area contributed by atoms with Gasteiger partial charge < -0.3 is 9.47 Å². The average Bonchev–Trinajstić information content (AvgIpc) is 3.05. The fourth-order valence-electron chi connectivity index (χ4n) is 2.76. The Kier molecular flexibility index (Phi) is 6.60. The molecule has 0 amide bonds. The van der Waals surface area contributed by atoms with Crippen molar-refractivity contribution in [3.05, 3.63) is 69.8 Å². The van der Waals surface area contributed by atoms with Gasteiger partial charge in [0.1, 0.15) is 6.61 Å². The lowest BCUT2D eigenvalue weighted by molar-refractivity contribution is 0.284. The molecule has 3 rings (SSSR count). The minimum absolute atomic E-state index is 0.477. The van der Waals surface area contributed by atoms with Gasteiger partial charge in [-0.15, -0.1) is 0 Å². The third kappa shape index (κ3) is 4.67. The zero-order valence-electron chi connectivity index (χ0n) is 16.3. The Labute approximate surface area is 169 Å². The minimum Gasteiger partial charge on any atom is -0.493 e. The first-order valence-corrected chi connectivity index (χ1v) is 9.59. The Balaban J connectivity index is 1.77. The molecule has 0 aliphatic carbocycles. The maximum absolute atomic E-state index is 5.96. The molecule has 2 aromatic carbocycles. The van der Waals surface area contributed by atoms with Crippen molar-refractivity contribution in [3.8, 4) is 11.5 Å². The number of benzene rings is 2. The fourth-order valence-corrected chi connectivity index (χ4v) is 2.96. The van der Waals surface area contributed by atoms with Gasteiger partial charge in [0.2, 0.25) is 4.77 Å². The summed E-state index contributed by atoms with van der Waals surface area (Å²) in [6.07, 6.45) is 3.51. The summed E-state index contributed by atoms with van der Waals surface area (Å²) in [5.74, 6) is 2.16. The molecule has 1 aromatic heterocycles. The van der Waals surface area contributed by atoms with Gasteiger partial charge in [0.15, 0.2) is 17.3 Å². The number of aryl methyl sites for hydroxylation is 2. The van der Waals surface area contributed by atoms with Gasteiger partial charge in [0.25, 0.3) is 0 Å². The number of rotatable bonds is 8. The summed E-state index contributed by atoms with van der Waals surface area (Å²) in [5, 5.41) is 11.5. The molecule has 6 nitrogen and oxygen atoms in total. The number of nitrogens with zero attached hydrogens (tertiary/aromatic N) is 3. The molecule has 0 aliphatic heterocycles. The summed E-state index contributed by atoms with van der Waals surface area (Å²) in [6.45, 7) is 4.65. The van der Waals surface area contributed by atoms with Gasteiger partial charge in [-0.05, 0) is 60.5 Å². The first-order chi connectivity index (χ1) is 13.6. The predicted molar refractivity (Wildman–Crippen MR) is 113 cm³/mol. The molecule has 0 bridgehead atoms. The fraction of sp³-hybridized carbons (Fsp3) is 0.286. The molecule has 0 aliphatic rings. The van der Waals surface area contributed by atoms with Crippen molar-refractivity contribution in [2.45, 2.75) is 33.3 Å². The molecular formula is C21H24N4O2S. The van der Waals surface area contributed by atoms with E-state index in [1.54, 1.807) is 18.0 Å². The van der Waals surface area contributed by atoms with Gasteiger partial charge >= 0.3 is 0 Å². The Bertz CT molecular complexity index is 1020. The molecule has 0 saturated heterocycles. The third-order valence-electron chi connectivity index (χ3n) is 4.35. The molecule has 0 spiro atoms. The van der Waals surface area contributed by atoms with E-state index in [2.05, 4.69) is 41.3 Å². The van der Waals surface area contributed by atoms with E-state index in [4.69, 9.17) is 21.7 Å². The zero-order valence-corrected chi connectivity index (χ0v) is 17.1. The van der Waals surface area contributed by atoms with Crippen molar-refractivity contribution in [3.63, 3.8) is 0 Å². The van der Waals surface area contributed by atoms with Crippen LogP contribution in [-0.2, 0) is 13.0 Å². The smallest absolute Gasteiger partial charge is 0.216 e. The Morgan fingerprint density at radius 2 is 2.04 bits per heavy atom. The number of methoxy groups -OCH3 is 1. The van der Waals surface area contributed by atoms with Crippen molar-refractivity contribution < 1.29 is 9.47 Å². The average molecular weight is 397 g/mol. The highest BCUT2D eigenvalue weighted by atomic mass is 32.1. The minimum atomic E-state index is 0.477. The standard InChI is InChI=1S/C21H24N4O2S/c1-4-7-20-23-24-21(28)25(20)22-13-16-10-11-18(19(12-16)26-3)27-14-17-9-6-5-8-15(17)2/h5-6,8-13H,4,7,14H2,1-3H3,(H,24,28)/b22-13-. The van der Waals surface area contributed by atoms with Crippen LogP contribution in [0.15, 0.2) is 47.6 Å². The van der Waals surface area contributed by atoms with Crippen LogP contribution in [0.1, 0.15) is 35.9 Å². The normalized spacial score (nSPS) is 11.1. The summed E-state index contributed by atoms with van der Waals surface area (Å²) in [4.78, 5) is 0. The van der Waals surface area contributed by atoms with Crippen molar-refractivity contribution in [2.24, 2.45) is 5.10 Å². The van der Waals surface area contributed by atoms with Crippen molar-refractivity contribution in [1.82, 2.24) is 14.9 Å². The van der Waals surface area contributed by atoms with Crippen LogP contribution in [0.4, 0.5) is 0 Å². The highest BCUT2D eigenvalue weighted by molar-refractivity contribution is 7.71. The van der Waals surface area contributed by atoms with Gasteiger partial charge in [-0.1, -0.05) is 31.2 Å². The second-order valence-corrected chi connectivity index (χ2v) is 6.76. The van der Waals surface area contributed by atoms with E-state index in [-0.39, 0.29) is 0 Å². The van der Waals surface area contributed by atoms with Crippen LogP contribution in [-0.4, -0.2) is 28.2 Å². The second kappa shape index (κ2) is 9.32. The molecule has 7 heteroatoms. The highest BCUT2D eigenvalue weighted by Crippen LogP contribution is 2.28. The van der Waals surface area contributed by atoms with E-state index in [0.29, 0.717) is 22.9 Å². The van der Waals surface area contributed by atoms with Gasteiger partial charge in [-0.25, -0.2) is 0 Å². The summed E-state index contributed by atoms with van der Waals surface area (Å²) in [7, 11) is 1.63. The van der Waals surface area contributed by atoms with Crippen molar-refractivity contribution in [2.75, 3.05) is 7.11 Å². The maximum Gasteiger partial charge on any atom is 0.216 e. The molecule has 1 N–H and O–H groups in total.